The summed E-state index contributed by atoms with van der Waals surface area (Å²) >= 11 is 3.48. The van der Waals surface area contributed by atoms with Gasteiger partial charge in [0, 0.05) is 16.0 Å². The zero-order valence-corrected chi connectivity index (χ0v) is 14.6. The van der Waals surface area contributed by atoms with E-state index in [1.54, 1.807) is 6.21 Å². The van der Waals surface area contributed by atoms with Gasteiger partial charge < -0.3 is 9.47 Å². The number of ether oxygens (including phenoxy) is 2. The summed E-state index contributed by atoms with van der Waals surface area (Å²) in [5.41, 5.74) is 3.75. The number of rotatable bonds is 3. The number of nitrogens with zero attached hydrogens (tertiary/aromatic N) is 1. The molecular formula is C17H19BrN2O3. The first-order chi connectivity index (χ1) is 11.1. The van der Waals surface area contributed by atoms with E-state index in [1.807, 2.05) is 12.1 Å². The molecule has 1 aromatic carbocycles. The number of benzene rings is 1. The Morgan fingerprint density at radius 3 is 2.91 bits per heavy atom. The molecule has 3 aliphatic rings. The second-order valence-electron chi connectivity index (χ2n) is 6.80. The number of carbonyl (C=O) groups excluding carboxylic acids is 1. The minimum absolute atomic E-state index is 0.0486. The normalized spacial score (nSPS) is 31.0. The van der Waals surface area contributed by atoms with Crippen LogP contribution in [0.3, 0.4) is 0 Å². The summed E-state index contributed by atoms with van der Waals surface area (Å²) in [5, 5.41) is 4.13. The molecule has 1 N–H and O–H groups in total. The third-order valence-corrected chi connectivity index (χ3v) is 6.17. The zero-order valence-electron chi connectivity index (χ0n) is 13.0. The lowest BCUT2D eigenvalue weighted by Gasteiger charge is -2.15. The Kier molecular flexibility index (Phi) is 3.59. The van der Waals surface area contributed by atoms with Gasteiger partial charge >= 0.3 is 0 Å². The molecule has 2 fully saturated rings. The topological polar surface area (TPSA) is 59.9 Å². The summed E-state index contributed by atoms with van der Waals surface area (Å²) in [6, 6.07) is 3.70. The minimum Gasteiger partial charge on any atom is -0.454 e. The lowest BCUT2D eigenvalue weighted by atomic mass is 9.90. The van der Waals surface area contributed by atoms with Crippen molar-refractivity contribution >= 4 is 28.1 Å². The largest absolute Gasteiger partial charge is 0.454 e. The lowest BCUT2D eigenvalue weighted by molar-refractivity contribution is -0.123. The van der Waals surface area contributed by atoms with Crippen LogP contribution in [0.5, 0.6) is 11.5 Å². The van der Waals surface area contributed by atoms with Crippen LogP contribution in [0.1, 0.15) is 38.2 Å². The minimum atomic E-state index is 0.0486. The van der Waals surface area contributed by atoms with Gasteiger partial charge in [-0.25, -0.2) is 5.43 Å². The molecule has 23 heavy (non-hydrogen) atoms. The third kappa shape index (κ3) is 2.53. The predicted octanol–water partition coefficient (Wildman–Crippen LogP) is 3.45. The smallest absolute Gasteiger partial charge is 0.244 e. The van der Waals surface area contributed by atoms with Gasteiger partial charge in [0.05, 0.1) is 6.21 Å². The van der Waals surface area contributed by atoms with Gasteiger partial charge in [0.2, 0.25) is 12.7 Å². The molecule has 0 radical (unpaired) electrons. The van der Waals surface area contributed by atoms with E-state index in [9.17, 15) is 4.79 Å². The molecule has 122 valence electrons. The summed E-state index contributed by atoms with van der Waals surface area (Å²) in [5.74, 6) is 2.13. The Morgan fingerprint density at radius 1 is 1.39 bits per heavy atom. The van der Waals surface area contributed by atoms with E-state index in [0.29, 0.717) is 17.4 Å². The molecule has 4 rings (SSSR count). The average Bonchev–Trinajstić information content (AvgIpc) is 2.91. The fraction of sp³-hybridized carbons (Fsp3) is 0.529. The van der Waals surface area contributed by atoms with Crippen molar-refractivity contribution < 1.29 is 14.3 Å². The van der Waals surface area contributed by atoms with E-state index in [-0.39, 0.29) is 24.0 Å². The highest BCUT2D eigenvalue weighted by atomic mass is 79.9. The third-order valence-electron chi connectivity index (χ3n) is 5.48. The molecule has 0 spiro atoms. The van der Waals surface area contributed by atoms with Crippen LogP contribution in [0.25, 0.3) is 0 Å². The van der Waals surface area contributed by atoms with Crippen LogP contribution < -0.4 is 14.9 Å². The highest BCUT2D eigenvalue weighted by Crippen LogP contribution is 2.66. The summed E-state index contributed by atoms with van der Waals surface area (Å²) in [4.78, 5) is 12.4. The van der Waals surface area contributed by atoms with Crippen LogP contribution in [-0.2, 0) is 4.79 Å². The highest BCUT2D eigenvalue weighted by Gasteiger charge is 2.64. The van der Waals surface area contributed by atoms with Gasteiger partial charge in [-0.2, -0.15) is 5.10 Å². The van der Waals surface area contributed by atoms with E-state index < -0.39 is 0 Å². The van der Waals surface area contributed by atoms with Crippen molar-refractivity contribution in [2.24, 2.45) is 22.4 Å². The van der Waals surface area contributed by atoms with Gasteiger partial charge in [0.1, 0.15) is 0 Å². The van der Waals surface area contributed by atoms with Crippen molar-refractivity contribution in [3.05, 3.63) is 22.2 Å². The number of carbonyl (C=O) groups is 1. The summed E-state index contributed by atoms with van der Waals surface area (Å²) in [6.45, 7) is 2.47. The van der Waals surface area contributed by atoms with Crippen LogP contribution in [0.2, 0.25) is 0 Å². The maximum Gasteiger partial charge on any atom is 0.244 e. The molecule has 0 aromatic heterocycles. The number of hydrazone groups is 1. The van der Waals surface area contributed by atoms with Gasteiger partial charge in [-0.05, 0) is 52.2 Å². The average molecular weight is 379 g/mol. The van der Waals surface area contributed by atoms with Crippen molar-refractivity contribution in [3.63, 3.8) is 0 Å². The molecule has 3 atom stereocenters. The fourth-order valence-electron chi connectivity index (χ4n) is 4.12. The number of hydrogen-bond acceptors (Lipinski definition) is 4. The molecular weight excluding hydrogens is 360 g/mol. The molecule has 2 aliphatic carbocycles. The van der Waals surface area contributed by atoms with Crippen molar-refractivity contribution in [1.29, 1.82) is 0 Å². The maximum atomic E-state index is 12.4. The SMILES string of the molecule is C[C@@]12CCCC[C@@H]1[C@@H]2C(=O)N/N=C/c1cc2c(cc1Br)OCO2. The highest BCUT2D eigenvalue weighted by molar-refractivity contribution is 9.10. The molecule has 0 saturated heterocycles. The molecule has 1 heterocycles. The molecule has 0 unspecified atom stereocenters. The van der Waals surface area contributed by atoms with Gasteiger partial charge in [0.25, 0.3) is 0 Å². The van der Waals surface area contributed by atoms with Crippen LogP contribution in [0.15, 0.2) is 21.7 Å². The number of hydrogen-bond donors (Lipinski definition) is 1. The number of fused-ring (bicyclic) bond motifs is 2. The van der Waals surface area contributed by atoms with E-state index in [2.05, 4.69) is 33.4 Å². The van der Waals surface area contributed by atoms with Gasteiger partial charge in [-0.3, -0.25) is 4.79 Å². The van der Waals surface area contributed by atoms with Crippen molar-refractivity contribution in [3.8, 4) is 11.5 Å². The summed E-state index contributed by atoms with van der Waals surface area (Å²) < 4.78 is 11.5. The number of amides is 1. The first-order valence-electron chi connectivity index (χ1n) is 8.02. The molecule has 1 aromatic rings. The zero-order chi connectivity index (χ0) is 16.0. The van der Waals surface area contributed by atoms with Crippen molar-refractivity contribution in [2.45, 2.75) is 32.6 Å². The molecule has 2 saturated carbocycles. The second kappa shape index (κ2) is 5.51. The first-order valence-corrected chi connectivity index (χ1v) is 8.81. The van der Waals surface area contributed by atoms with Gasteiger partial charge in [0.15, 0.2) is 11.5 Å². The van der Waals surface area contributed by atoms with Crippen LogP contribution in [0, 0.1) is 17.3 Å². The van der Waals surface area contributed by atoms with Crippen LogP contribution >= 0.6 is 15.9 Å². The molecule has 5 nitrogen and oxygen atoms in total. The molecule has 6 heteroatoms. The monoisotopic (exact) mass is 378 g/mol. The van der Waals surface area contributed by atoms with Crippen LogP contribution in [-0.4, -0.2) is 18.9 Å². The summed E-state index contributed by atoms with van der Waals surface area (Å²) in [7, 11) is 0. The Balaban J connectivity index is 1.41. The lowest BCUT2D eigenvalue weighted by Crippen LogP contribution is -2.22. The Labute approximate surface area is 143 Å². The first kappa shape index (κ1) is 15.0. The van der Waals surface area contributed by atoms with E-state index >= 15 is 0 Å². The predicted molar refractivity (Wildman–Crippen MR) is 89.6 cm³/mol. The van der Waals surface area contributed by atoms with Gasteiger partial charge in [-0.1, -0.05) is 19.8 Å². The molecule has 1 aliphatic heterocycles. The molecule has 1 amide bonds. The number of nitrogens with one attached hydrogen (secondary N) is 1. The Bertz CT molecular complexity index is 691. The maximum absolute atomic E-state index is 12.4. The quantitative estimate of drug-likeness (QED) is 0.647. The second-order valence-corrected chi connectivity index (χ2v) is 7.65. The van der Waals surface area contributed by atoms with Crippen molar-refractivity contribution in [2.75, 3.05) is 6.79 Å². The summed E-state index contributed by atoms with van der Waals surface area (Å²) in [6.07, 6.45) is 6.46. The van der Waals surface area contributed by atoms with E-state index in [4.69, 9.17) is 9.47 Å². The van der Waals surface area contributed by atoms with Crippen molar-refractivity contribution in [1.82, 2.24) is 5.43 Å². The Hall–Kier alpha value is -1.56. The van der Waals surface area contributed by atoms with Gasteiger partial charge in [-0.15, -0.1) is 0 Å². The molecule has 0 bridgehead atoms. The fourth-order valence-corrected chi connectivity index (χ4v) is 4.54. The Morgan fingerprint density at radius 2 is 2.17 bits per heavy atom. The van der Waals surface area contributed by atoms with Crippen LogP contribution in [0.4, 0.5) is 0 Å². The standard InChI is InChI=1S/C17H19BrN2O3/c1-17-5-3-2-4-11(17)15(17)16(21)20-19-8-10-6-13-14(7-12(10)18)23-9-22-13/h6-8,11,15H,2-5,9H2,1H3,(H,20,21)/b19-8+/t11-,15-,17-/m1/s1. The number of halogens is 1. The van der Waals surface area contributed by atoms with E-state index in [1.165, 1.54) is 19.3 Å². The van der Waals surface area contributed by atoms with E-state index in [0.717, 1.165) is 16.5 Å².